The Labute approximate surface area is 794 Å². The van der Waals surface area contributed by atoms with Crippen LogP contribution in [0.1, 0.15) is 169 Å². The first-order valence-corrected chi connectivity index (χ1v) is 48.8. The molecule has 9 saturated carbocycles. The van der Waals surface area contributed by atoms with Crippen molar-refractivity contribution in [2.45, 2.75) is 214 Å². The Balaban J connectivity index is 0.000000173. The summed E-state index contributed by atoms with van der Waals surface area (Å²) in [7, 11) is 0. The Morgan fingerprint density at radius 1 is 0.378 bits per heavy atom. The zero-order chi connectivity index (χ0) is 97.2. The molecule has 6 aromatic carbocycles. The van der Waals surface area contributed by atoms with Gasteiger partial charge < -0.3 is 82.8 Å². The van der Waals surface area contributed by atoms with Crippen molar-refractivity contribution in [3.63, 3.8) is 0 Å². The van der Waals surface area contributed by atoms with Crippen molar-refractivity contribution in [3.05, 3.63) is 179 Å². The van der Waals surface area contributed by atoms with Crippen LogP contribution in [0.15, 0.2) is 146 Å². The molecule has 12 aliphatic rings. The van der Waals surface area contributed by atoms with Crippen molar-refractivity contribution in [2.75, 3.05) is 98.6 Å². The SMILES string of the molecule is C[C@@H]1[C@@H](NC(=O)[C@@H]2[C@H]([C@H](C)O)[C@H](CO)ON2Cc2cccc(-c3cccc(C(=O)NCCN(CCO)CCO)c3)c2)C[C@H]2C[C@@H]1C2(C)C.C[C@@H]1[C@@H](NC(=O)[C@@H]2[C@H]([C@H](C)O)[C@H](CO)ON2Cc2cccc(-c3cccc(C(=O)NCCN(CCO)CCO)c3)c2)C[C@H]2C[C@@H]1C2(C)C.C[C@@H]1[C@@H](NC(=O)[C@@H]2[C@H]([C@H](C)O)[C@H](CO)ON2Cc2cccc(-c3cccc(C(=O)O)c3)c2)C[C@H]2C[C@@H]1C2(C)C. The average Bonchev–Trinajstić information content (AvgIpc) is 1.73. The molecule has 135 heavy (non-hydrogen) atoms. The lowest BCUT2D eigenvalue weighted by Gasteiger charge is -2.62. The molecule has 30 heteroatoms. The van der Waals surface area contributed by atoms with Crippen molar-refractivity contribution >= 4 is 35.5 Å². The number of carboxylic acids is 1. The highest BCUT2D eigenvalue weighted by Crippen LogP contribution is 2.64. The van der Waals surface area contributed by atoms with Crippen LogP contribution in [0.4, 0.5) is 0 Å². The number of hydroxylamine groups is 6. The molecule has 18 rings (SSSR count). The molecule has 0 radical (unpaired) electrons. The molecule has 3 aliphatic heterocycles. The minimum atomic E-state index is -0.986. The monoisotopic (exact) mass is 1870 g/mol. The molecule has 5 amide bonds. The first-order chi connectivity index (χ1) is 64.5. The Hall–Kier alpha value is -8.58. The van der Waals surface area contributed by atoms with Crippen LogP contribution in [0.5, 0.6) is 0 Å². The summed E-state index contributed by atoms with van der Waals surface area (Å²) >= 11 is 0. The van der Waals surface area contributed by atoms with E-state index in [9.17, 15) is 84.9 Å². The molecule has 0 unspecified atom stereocenters. The van der Waals surface area contributed by atoms with Crippen LogP contribution in [-0.4, -0.2) is 288 Å². The van der Waals surface area contributed by atoms with Gasteiger partial charge in [-0.2, -0.15) is 15.2 Å². The number of fused-ring (bicyclic) bond motifs is 6. The molecule has 3 heterocycles. The first-order valence-electron chi connectivity index (χ1n) is 48.8. The van der Waals surface area contributed by atoms with Crippen molar-refractivity contribution < 1.29 is 99.5 Å². The zero-order valence-corrected chi connectivity index (χ0v) is 80.5. The maximum absolute atomic E-state index is 14.0. The fourth-order valence-corrected chi connectivity index (χ4v) is 24.1. The standard InChI is InChI=1S/2C37H54N4O7.C31H40N2O6/c2*1-23-30-19-29(37(30,3)4)20-31(23)39-36(47)34-33(24(2)45)32(22-44)48-41(34)21-25-7-5-8-26(17-25)27-9-6-10-28(18-27)35(46)38-11-12-40(13-15-42)14-16-43;1-17-24-13-23(31(24,3)4)14-25(17)32-29(36)28-27(18(2)35)26(16-34)39-33(28)15-19-7-5-8-20(11-19)21-9-6-10-22(12-21)30(37)38/h2*5-10,17-18,23-24,29-34,42-45H,11-16,19-22H2,1-4H3,(H,38,46)(H,39,47);5-12,17-18,23-28,34-35H,13-16H2,1-4H3,(H,32,36)(H,37,38)/t2*23-,24-,29+,30-,31-,32-,33+,34-;17-,18-,23+,24-,25-,26-,27+,28-/m000/s1. The van der Waals surface area contributed by atoms with E-state index >= 15 is 0 Å². The van der Waals surface area contributed by atoms with Gasteiger partial charge in [-0.05, 0) is 233 Å². The number of aromatic carboxylic acids is 1. The van der Waals surface area contributed by atoms with Crippen molar-refractivity contribution in [3.8, 4) is 33.4 Å². The van der Waals surface area contributed by atoms with E-state index in [1.165, 1.54) is 19.3 Å². The highest BCUT2D eigenvalue weighted by Gasteiger charge is 2.61. The number of aliphatic hydroxyl groups is 10. The molecular weight excluding hydrogens is 1720 g/mol. The predicted molar refractivity (Wildman–Crippen MR) is 511 cm³/mol. The second-order valence-electron chi connectivity index (χ2n) is 41.4. The third kappa shape index (κ3) is 23.5. The highest BCUT2D eigenvalue weighted by atomic mass is 16.7. The van der Waals surface area contributed by atoms with Gasteiger partial charge in [-0.1, -0.05) is 153 Å². The van der Waals surface area contributed by atoms with Gasteiger partial charge in [0.2, 0.25) is 17.7 Å². The minimum Gasteiger partial charge on any atom is -0.478 e. The van der Waals surface area contributed by atoms with Gasteiger partial charge in [0.25, 0.3) is 11.8 Å². The normalized spacial score (nSPS) is 29.6. The molecule has 6 aromatic rings. The van der Waals surface area contributed by atoms with Crippen LogP contribution in [0, 0.1) is 87.3 Å². The molecular formula is C105H148N10O20. The Morgan fingerprint density at radius 3 is 0.881 bits per heavy atom. The zero-order valence-electron chi connectivity index (χ0n) is 80.5. The van der Waals surface area contributed by atoms with Crippen LogP contribution >= 0.6 is 0 Å². The maximum Gasteiger partial charge on any atom is 0.335 e. The van der Waals surface area contributed by atoms with E-state index in [2.05, 4.69) is 88.9 Å². The highest BCUT2D eigenvalue weighted by molar-refractivity contribution is 5.96. The Morgan fingerprint density at radius 2 is 0.637 bits per heavy atom. The minimum absolute atomic E-state index is 0.0188. The fourth-order valence-electron chi connectivity index (χ4n) is 24.1. The molecule has 0 aromatic heterocycles. The summed E-state index contributed by atoms with van der Waals surface area (Å²) in [6.07, 6.45) is 1.75. The molecule has 9 aliphatic carbocycles. The maximum atomic E-state index is 14.0. The largest absolute Gasteiger partial charge is 0.478 e. The third-order valence-electron chi connectivity index (χ3n) is 32.4. The number of hydrogen-bond donors (Lipinski definition) is 16. The van der Waals surface area contributed by atoms with Crippen LogP contribution in [-0.2, 0) is 48.5 Å². The summed E-state index contributed by atoms with van der Waals surface area (Å²) in [6.45, 7) is 28.9. The molecule has 24 atom stereocenters. The van der Waals surface area contributed by atoms with Crippen LogP contribution in [0.3, 0.4) is 0 Å². The topological polar surface area (TPSA) is 429 Å². The van der Waals surface area contributed by atoms with E-state index in [1.807, 2.05) is 125 Å². The number of amides is 5. The number of carbonyl (C=O) groups excluding carboxylic acids is 5. The number of aliphatic hydroxyl groups excluding tert-OH is 10. The second-order valence-corrected chi connectivity index (χ2v) is 41.4. The van der Waals surface area contributed by atoms with Gasteiger partial charge in [0, 0.05) is 99.4 Å². The molecule has 738 valence electrons. The molecule has 6 bridgehead atoms. The molecule has 0 spiro atoms. The van der Waals surface area contributed by atoms with Gasteiger partial charge in [0.15, 0.2) is 0 Å². The molecule has 12 fully saturated rings. The summed E-state index contributed by atoms with van der Waals surface area (Å²) in [4.78, 5) is 101. The lowest BCUT2D eigenvalue weighted by atomic mass is 9.45. The Kier molecular flexibility index (Phi) is 35.0. The number of benzene rings is 6. The van der Waals surface area contributed by atoms with Crippen molar-refractivity contribution in [1.29, 1.82) is 0 Å². The van der Waals surface area contributed by atoms with E-state index in [0.717, 1.165) is 69.3 Å². The van der Waals surface area contributed by atoms with Gasteiger partial charge in [0.05, 0.1) is 89.8 Å². The van der Waals surface area contributed by atoms with E-state index in [-0.39, 0.29) is 119 Å². The quantitative estimate of drug-likeness (QED) is 0.0176. The molecule has 3 saturated heterocycles. The summed E-state index contributed by atoms with van der Waals surface area (Å²) < 4.78 is 0. The van der Waals surface area contributed by atoms with Crippen molar-refractivity contribution in [2.24, 2.45) is 87.3 Å². The van der Waals surface area contributed by atoms with Gasteiger partial charge >= 0.3 is 5.97 Å². The van der Waals surface area contributed by atoms with Crippen molar-refractivity contribution in [1.82, 2.24) is 51.6 Å². The number of carboxylic acid groups (broad SMARTS) is 1. The third-order valence-corrected chi connectivity index (χ3v) is 32.4. The van der Waals surface area contributed by atoms with Crippen LogP contribution < -0.4 is 26.6 Å². The summed E-state index contributed by atoms with van der Waals surface area (Å²) in [6, 6.07) is 42.7. The predicted octanol–water partition coefficient (Wildman–Crippen LogP) is 7.77. The lowest BCUT2D eigenvalue weighted by molar-refractivity contribution is -0.183. The van der Waals surface area contributed by atoms with Gasteiger partial charge in [-0.3, -0.25) is 48.3 Å². The van der Waals surface area contributed by atoms with E-state index in [4.69, 9.17) is 14.5 Å². The van der Waals surface area contributed by atoms with Crippen LogP contribution in [0.2, 0.25) is 0 Å². The van der Waals surface area contributed by atoms with Gasteiger partial charge in [0.1, 0.15) is 36.4 Å². The van der Waals surface area contributed by atoms with E-state index in [0.29, 0.717) is 133 Å². The van der Waals surface area contributed by atoms with E-state index in [1.54, 1.807) is 66.3 Å². The number of nitrogens with zero attached hydrogens (tertiary/aromatic N) is 5. The summed E-state index contributed by atoms with van der Waals surface area (Å²) in [5.74, 6) is 0.812. The molecule has 30 nitrogen and oxygen atoms in total. The molecule has 16 N–H and O–H groups in total. The summed E-state index contributed by atoms with van der Waals surface area (Å²) in [5.41, 5.74) is 9.87. The number of rotatable bonds is 38. The first kappa shape index (κ1) is 104. The number of carbonyl (C=O) groups is 6. The summed E-state index contributed by atoms with van der Waals surface area (Å²) in [5, 5.41) is 129. The number of hydrogen-bond acceptors (Lipinski definition) is 24. The fraction of sp³-hybridized carbons (Fsp3) is 0.600. The second kappa shape index (κ2) is 45.6. The lowest BCUT2D eigenvalue weighted by Crippen LogP contribution is -2.62. The van der Waals surface area contributed by atoms with Crippen LogP contribution in [0.25, 0.3) is 33.4 Å². The van der Waals surface area contributed by atoms with E-state index < -0.39 is 78.5 Å². The number of nitrogens with one attached hydrogen (secondary N) is 5. The Bertz CT molecular complexity index is 4780. The smallest absolute Gasteiger partial charge is 0.335 e. The average molecular weight is 1870 g/mol. The van der Waals surface area contributed by atoms with Gasteiger partial charge in [-0.25, -0.2) is 4.79 Å². The van der Waals surface area contributed by atoms with Gasteiger partial charge in [-0.15, -0.1) is 0 Å².